The third-order valence-electron chi connectivity index (χ3n) is 4.15. The van der Waals surface area contributed by atoms with E-state index in [0.29, 0.717) is 5.92 Å². The molecule has 0 aromatic heterocycles. The predicted molar refractivity (Wildman–Crippen MR) is 80.9 cm³/mol. The van der Waals surface area contributed by atoms with E-state index in [2.05, 4.69) is 17.0 Å². The molecule has 0 saturated carbocycles. The Bertz CT molecular complexity index is 446. The smallest absolute Gasteiger partial charge is 0.306 e. The molecule has 1 aromatic carbocycles. The van der Waals surface area contributed by atoms with E-state index in [0.717, 1.165) is 43.9 Å². The monoisotopic (exact) mass is 295 g/mol. The largest absolute Gasteiger partial charge is 0.481 e. The number of carboxylic acids is 1. The highest BCUT2D eigenvalue weighted by Gasteiger charge is 2.27. The normalized spacial score (nSPS) is 21.0. The Morgan fingerprint density at radius 1 is 1.45 bits per heavy atom. The van der Waals surface area contributed by atoms with Crippen molar-refractivity contribution in [2.24, 2.45) is 11.8 Å². The van der Waals surface area contributed by atoms with Gasteiger partial charge >= 0.3 is 5.97 Å². The molecule has 1 heterocycles. The first-order valence-electron chi connectivity index (χ1n) is 7.28. The first-order chi connectivity index (χ1) is 9.58. The molecule has 1 aliphatic heterocycles. The fourth-order valence-electron chi connectivity index (χ4n) is 2.94. The Morgan fingerprint density at radius 3 is 2.75 bits per heavy atom. The zero-order valence-electron chi connectivity index (χ0n) is 11.9. The fourth-order valence-corrected chi connectivity index (χ4v) is 3.07. The molecule has 3 nitrogen and oxygen atoms in total. The standard InChI is InChI=1S/C16H22ClNO2/c1-2-14(16(19)20)9-13-7-8-18(11-13)10-12-3-5-15(17)6-4-12/h3-6,13-14H,2,7-11H2,1H3,(H,19,20). The SMILES string of the molecule is CCC(CC1CCN(Cc2ccc(Cl)cc2)C1)C(=O)O. The van der Waals surface area contributed by atoms with Gasteiger partial charge in [0.2, 0.25) is 0 Å². The molecule has 0 radical (unpaired) electrons. The van der Waals surface area contributed by atoms with Gasteiger partial charge < -0.3 is 5.11 Å². The van der Waals surface area contributed by atoms with E-state index in [9.17, 15) is 4.79 Å². The lowest BCUT2D eigenvalue weighted by Gasteiger charge is -2.18. The van der Waals surface area contributed by atoms with Crippen molar-refractivity contribution in [3.8, 4) is 0 Å². The topological polar surface area (TPSA) is 40.5 Å². The second-order valence-corrected chi connectivity index (χ2v) is 6.13. The van der Waals surface area contributed by atoms with Crippen molar-refractivity contribution in [1.82, 2.24) is 4.90 Å². The van der Waals surface area contributed by atoms with Gasteiger partial charge in [-0.2, -0.15) is 0 Å². The number of aliphatic carboxylic acids is 1. The average Bonchev–Trinajstić information content (AvgIpc) is 2.86. The lowest BCUT2D eigenvalue weighted by atomic mass is 9.92. The van der Waals surface area contributed by atoms with Crippen molar-refractivity contribution < 1.29 is 9.90 Å². The van der Waals surface area contributed by atoms with Gasteiger partial charge in [0, 0.05) is 18.1 Å². The molecule has 2 unspecified atom stereocenters. The van der Waals surface area contributed by atoms with Crippen molar-refractivity contribution in [3.63, 3.8) is 0 Å². The van der Waals surface area contributed by atoms with Gasteiger partial charge in [-0.25, -0.2) is 0 Å². The molecule has 1 saturated heterocycles. The number of carboxylic acid groups (broad SMARTS) is 1. The Labute approximate surface area is 125 Å². The summed E-state index contributed by atoms with van der Waals surface area (Å²) >= 11 is 5.89. The number of halogens is 1. The summed E-state index contributed by atoms with van der Waals surface area (Å²) in [6.45, 7) is 4.95. The third kappa shape index (κ3) is 4.22. The highest BCUT2D eigenvalue weighted by Crippen LogP contribution is 2.26. The number of carbonyl (C=O) groups is 1. The zero-order chi connectivity index (χ0) is 14.5. The highest BCUT2D eigenvalue weighted by atomic mass is 35.5. The number of likely N-dealkylation sites (tertiary alicyclic amines) is 1. The van der Waals surface area contributed by atoms with Crippen LogP contribution in [0.5, 0.6) is 0 Å². The van der Waals surface area contributed by atoms with E-state index in [4.69, 9.17) is 16.7 Å². The summed E-state index contributed by atoms with van der Waals surface area (Å²) in [6.07, 6.45) is 2.64. The molecular formula is C16H22ClNO2. The molecular weight excluding hydrogens is 274 g/mol. The molecule has 0 aliphatic carbocycles. The van der Waals surface area contributed by atoms with Crippen LogP contribution < -0.4 is 0 Å². The molecule has 1 aliphatic rings. The summed E-state index contributed by atoms with van der Waals surface area (Å²) in [4.78, 5) is 13.5. The summed E-state index contributed by atoms with van der Waals surface area (Å²) in [5.74, 6) is -0.317. The van der Waals surface area contributed by atoms with Crippen LogP contribution in [0, 0.1) is 11.8 Å². The minimum Gasteiger partial charge on any atom is -0.481 e. The number of benzene rings is 1. The highest BCUT2D eigenvalue weighted by molar-refractivity contribution is 6.30. The van der Waals surface area contributed by atoms with Gasteiger partial charge in [-0.05, 0) is 49.4 Å². The van der Waals surface area contributed by atoms with Gasteiger partial charge in [-0.3, -0.25) is 9.69 Å². The summed E-state index contributed by atoms with van der Waals surface area (Å²) in [6, 6.07) is 7.95. The minimum absolute atomic E-state index is 0.185. The lowest BCUT2D eigenvalue weighted by molar-refractivity contribution is -0.142. The second-order valence-electron chi connectivity index (χ2n) is 5.70. The Morgan fingerprint density at radius 2 is 2.15 bits per heavy atom. The van der Waals surface area contributed by atoms with Crippen LogP contribution in [0.25, 0.3) is 0 Å². The maximum absolute atomic E-state index is 11.1. The van der Waals surface area contributed by atoms with Crippen LogP contribution in [0.15, 0.2) is 24.3 Å². The van der Waals surface area contributed by atoms with Crippen LogP contribution in [0.4, 0.5) is 0 Å². The summed E-state index contributed by atoms with van der Waals surface area (Å²) in [5.41, 5.74) is 1.26. The lowest BCUT2D eigenvalue weighted by Crippen LogP contribution is -2.22. The quantitative estimate of drug-likeness (QED) is 0.870. The van der Waals surface area contributed by atoms with E-state index >= 15 is 0 Å². The van der Waals surface area contributed by atoms with E-state index in [1.54, 1.807) is 0 Å². The van der Waals surface area contributed by atoms with Crippen molar-refractivity contribution in [3.05, 3.63) is 34.9 Å². The van der Waals surface area contributed by atoms with E-state index < -0.39 is 5.97 Å². The van der Waals surface area contributed by atoms with Crippen molar-refractivity contribution in [2.75, 3.05) is 13.1 Å². The zero-order valence-corrected chi connectivity index (χ0v) is 12.6. The molecule has 1 aromatic rings. The van der Waals surface area contributed by atoms with Crippen molar-refractivity contribution in [2.45, 2.75) is 32.7 Å². The molecule has 1 fully saturated rings. The predicted octanol–water partition coefficient (Wildman–Crippen LogP) is 3.66. The molecule has 2 atom stereocenters. The van der Waals surface area contributed by atoms with Gasteiger partial charge in [0.25, 0.3) is 0 Å². The molecule has 0 spiro atoms. The second kappa shape index (κ2) is 7.09. The van der Waals surface area contributed by atoms with Crippen LogP contribution in [-0.4, -0.2) is 29.1 Å². The van der Waals surface area contributed by atoms with E-state index in [1.807, 2.05) is 19.1 Å². The Balaban J connectivity index is 1.83. The van der Waals surface area contributed by atoms with Crippen LogP contribution in [0.2, 0.25) is 5.02 Å². The maximum Gasteiger partial charge on any atom is 0.306 e. The van der Waals surface area contributed by atoms with E-state index in [1.165, 1.54) is 5.56 Å². The van der Waals surface area contributed by atoms with Crippen LogP contribution in [0.3, 0.4) is 0 Å². The third-order valence-corrected chi connectivity index (χ3v) is 4.40. The number of rotatable bonds is 6. The van der Waals surface area contributed by atoms with Gasteiger partial charge in [-0.15, -0.1) is 0 Å². The van der Waals surface area contributed by atoms with Gasteiger partial charge in [0.05, 0.1) is 5.92 Å². The first-order valence-corrected chi connectivity index (χ1v) is 7.66. The number of hydrogen-bond donors (Lipinski definition) is 1. The van der Waals surface area contributed by atoms with E-state index in [-0.39, 0.29) is 5.92 Å². The van der Waals surface area contributed by atoms with Crippen LogP contribution >= 0.6 is 11.6 Å². The van der Waals surface area contributed by atoms with Crippen molar-refractivity contribution >= 4 is 17.6 Å². The maximum atomic E-state index is 11.1. The molecule has 2 rings (SSSR count). The first kappa shape index (κ1) is 15.3. The summed E-state index contributed by atoms with van der Waals surface area (Å²) in [5, 5.41) is 9.90. The minimum atomic E-state index is -0.649. The average molecular weight is 296 g/mol. The number of nitrogens with zero attached hydrogens (tertiary/aromatic N) is 1. The molecule has 0 amide bonds. The fraction of sp³-hybridized carbons (Fsp3) is 0.562. The molecule has 20 heavy (non-hydrogen) atoms. The summed E-state index contributed by atoms with van der Waals surface area (Å²) in [7, 11) is 0. The Kier molecular flexibility index (Phi) is 5.44. The van der Waals surface area contributed by atoms with Gasteiger partial charge in [-0.1, -0.05) is 30.7 Å². The molecule has 0 bridgehead atoms. The Hall–Kier alpha value is -1.06. The molecule has 4 heteroatoms. The van der Waals surface area contributed by atoms with Crippen molar-refractivity contribution in [1.29, 1.82) is 0 Å². The van der Waals surface area contributed by atoms with Gasteiger partial charge in [0.15, 0.2) is 0 Å². The van der Waals surface area contributed by atoms with Crippen LogP contribution in [0.1, 0.15) is 31.7 Å². The molecule has 110 valence electrons. The number of hydrogen-bond acceptors (Lipinski definition) is 2. The van der Waals surface area contributed by atoms with Gasteiger partial charge in [0.1, 0.15) is 0 Å². The summed E-state index contributed by atoms with van der Waals surface area (Å²) < 4.78 is 0. The molecule has 1 N–H and O–H groups in total. The van der Waals surface area contributed by atoms with Crippen LogP contribution in [-0.2, 0) is 11.3 Å².